The van der Waals surface area contributed by atoms with Crippen molar-refractivity contribution in [3.8, 4) is 11.4 Å². The molecule has 0 aliphatic rings. The molecular formula is C15H16BrFN2. The van der Waals surface area contributed by atoms with Gasteiger partial charge in [0.25, 0.3) is 0 Å². The summed E-state index contributed by atoms with van der Waals surface area (Å²) < 4.78 is 13.1. The number of halogens is 2. The van der Waals surface area contributed by atoms with Crippen LogP contribution in [-0.4, -0.2) is 9.97 Å². The maximum absolute atomic E-state index is 13.1. The first-order valence-corrected chi connectivity index (χ1v) is 7.33. The Kier molecular flexibility index (Phi) is 4.30. The van der Waals surface area contributed by atoms with Crippen molar-refractivity contribution < 1.29 is 4.39 Å². The fraction of sp³-hybridized carbons (Fsp3) is 0.333. The quantitative estimate of drug-likeness (QED) is 0.771. The van der Waals surface area contributed by atoms with Crippen LogP contribution < -0.4 is 0 Å². The molecule has 0 N–H and O–H groups in total. The number of hydrogen-bond donors (Lipinski definition) is 0. The lowest BCUT2D eigenvalue weighted by Crippen LogP contribution is -2.03. The Balaban J connectivity index is 2.54. The second kappa shape index (κ2) is 5.78. The summed E-state index contributed by atoms with van der Waals surface area (Å²) in [7, 11) is 0. The van der Waals surface area contributed by atoms with Gasteiger partial charge in [0, 0.05) is 22.7 Å². The lowest BCUT2D eigenvalue weighted by Gasteiger charge is -2.12. The highest BCUT2D eigenvalue weighted by Crippen LogP contribution is 2.25. The smallest absolute Gasteiger partial charge is 0.159 e. The van der Waals surface area contributed by atoms with Gasteiger partial charge in [0.05, 0.1) is 5.69 Å². The minimum Gasteiger partial charge on any atom is -0.236 e. The molecule has 0 spiro atoms. The fourth-order valence-corrected chi connectivity index (χ4v) is 2.46. The number of rotatable bonds is 3. The van der Waals surface area contributed by atoms with Crippen molar-refractivity contribution in [3.63, 3.8) is 0 Å². The fourth-order valence-electron chi connectivity index (χ4n) is 2.03. The number of nitrogens with zero attached hydrogens (tertiary/aromatic N) is 2. The lowest BCUT2D eigenvalue weighted by atomic mass is 10.0. The number of benzene rings is 1. The largest absolute Gasteiger partial charge is 0.236 e. The zero-order valence-corrected chi connectivity index (χ0v) is 12.8. The van der Waals surface area contributed by atoms with Crippen LogP contribution >= 0.6 is 15.9 Å². The Morgan fingerprint density at radius 3 is 2.63 bits per heavy atom. The Labute approximate surface area is 121 Å². The van der Waals surface area contributed by atoms with E-state index in [1.807, 2.05) is 13.1 Å². The molecule has 1 aromatic carbocycles. The van der Waals surface area contributed by atoms with E-state index >= 15 is 0 Å². The molecule has 2 rings (SSSR count). The second-order valence-electron chi connectivity index (χ2n) is 4.85. The van der Waals surface area contributed by atoms with Gasteiger partial charge < -0.3 is 0 Å². The van der Waals surface area contributed by atoms with Crippen LogP contribution in [0.4, 0.5) is 4.39 Å². The molecule has 0 unspecified atom stereocenters. The van der Waals surface area contributed by atoms with Crippen molar-refractivity contribution in [2.24, 2.45) is 0 Å². The highest BCUT2D eigenvalue weighted by atomic mass is 79.9. The summed E-state index contributed by atoms with van der Waals surface area (Å²) in [6, 6.07) is 4.68. The van der Waals surface area contributed by atoms with Crippen molar-refractivity contribution in [1.29, 1.82) is 0 Å². The van der Waals surface area contributed by atoms with E-state index in [1.54, 1.807) is 6.07 Å². The van der Waals surface area contributed by atoms with E-state index in [1.165, 1.54) is 12.1 Å². The molecule has 1 heterocycles. The third-order valence-corrected chi connectivity index (χ3v) is 3.62. The number of aromatic nitrogens is 2. The van der Waals surface area contributed by atoms with E-state index in [2.05, 4.69) is 39.7 Å². The van der Waals surface area contributed by atoms with Gasteiger partial charge in [-0.2, -0.15) is 0 Å². The standard InChI is InChI=1S/C15H16BrFN2/c1-9(2)14-11(7-16)8-18-15(19-14)13-5-4-12(17)6-10(13)3/h4-6,8-9H,7H2,1-3H3. The van der Waals surface area contributed by atoms with Gasteiger partial charge in [-0.25, -0.2) is 14.4 Å². The van der Waals surface area contributed by atoms with E-state index in [4.69, 9.17) is 0 Å². The molecule has 0 fully saturated rings. The van der Waals surface area contributed by atoms with E-state index < -0.39 is 0 Å². The van der Waals surface area contributed by atoms with Gasteiger partial charge in [0.2, 0.25) is 0 Å². The average Bonchev–Trinajstić information content (AvgIpc) is 2.38. The molecule has 100 valence electrons. The molecule has 1 aromatic heterocycles. The minimum atomic E-state index is -0.234. The first-order chi connectivity index (χ1) is 9.02. The molecule has 0 aliphatic heterocycles. The van der Waals surface area contributed by atoms with Gasteiger partial charge in [-0.1, -0.05) is 29.8 Å². The van der Waals surface area contributed by atoms with Crippen LogP contribution in [-0.2, 0) is 5.33 Å². The van der Waals surface area contributed by atoms with Crippen LogP contribution in [0.2, 0.25) is 0 Å². The van der Waals surface area contributed by atoms with Crippen molar-refractivity contribution >= 4 is 15.9 Å². The zero-order valence-electron chi connectivity index (χ0n) is 11.2. The molecule has 0 saturated carbocycles. The van der Waals surface area contributed by atoms with Crippen LogP contribution in [0.15, 0.2) is 24.4 Å². The highest BCUT2D eigenvalue weighted by Gasteiger charge is 2.12. The molecule has 4 heteroatoms. The van der Waals surface area contributed by atoms with Crippen LogP contribution in [0.1, 0.15) is 36.6 Å². The number of hydrogen-bond acceptors (Lipinski definition) is 2. The second-order valence-corrected chi connectivity index (χ2v) is 5.41. The Hall–Kier alpha value is -1.29. The van der Waals surface area contributed by atoms with E-state index in [0.717, 1.165) is 27.7 Å². The van der Waals surface area contributed by atoms with Crippen LogP contribution in [0.5, 0.6) is 0 Å². The summed E-state index contributed by atoms with van der Waals surface area (Å²) in [5.41, 5.74) is 3.86. The SMILES string of the molecule is Cc1cc(F)ccc1-c1ncc(CBr)c(C(C)C)n1. The Morgan fingerprint density at radius 1 is 1.32 bits per heavy atom. The lowest BCUT2D eigenvalue weighted by molar-refractivity contribution is 0.627. The Morgan fingerprint density at radius 2 is 2.05 bits per heavy atom. The van der Waals surface area contributed by atoms with Crippen LogP contribution in [0, 0.1) is 12.7 Å². The number of aryl methyl sites for hydroxylation is 1. The van der Waals surface area contributed by atoms with Gasteiger partial charge in [0.1, 0.15) is 5.82 Å². The van der Waals surface area contributed by atoms with Crippen molar-refractivity contribution in [2.45, 2.75) is 32.0 Å². The molecule has 0 saturated heterocycles. The predicted octanol–water partition coefficient (Wildman–Crippen LogP) is 4.61. The Bertz CT molecular complexity index is 597. The third kappa shape index (κ3) is 3.00. The van der Waals surface area contributed by atoms with Gasteiger partial charge in [0.15, 0.2) is 5.82 Å². The van der Waals surface area contributed by atoms with Gasteiger partial charge in [-0.15, -0.1) is 0 Å². The predicted molar refractivity (Wildman–Crippen MR) is 78.9 cm³/mol. The van der Waals surface area contributed by atoms with Gasteiger partial charge in [-0.3, -0.25) is 0 Å². The number of alkyl halides is 1. The van der Waals surface area contributed by atoms with Crippen molar-refractivity contribution in [2.75, 3.05) is 0 Å². The normalized spacial score (nSPS) is 11.1. The highest BCUT2D eigenvalue weighted by molar-refractivity contribution is 9.08. The molecule has 2 aromatic rings. The van der Waals surface area contributed by atoms with E-state index in [9.17, 15) is 4.39 Å². The van der Waals surface area contributed by atoms with Crippen LogP contribution in [0.3, 0.4) is 0 Å². The molecule has 0 aliphatic carbocycles. The molecule has 0 atom stereocenters. The summed E-state index contributed by atoms with van der Waals surface area (Å²) in [5, 5.41) is 0.739. The summed E-state index contributed by atoms with van der Waals surface area (Å²) in [4.78, 5) is 9.03. The first kappa shape index (κ1) is 14.1. The van der Waals surface area contributed by atoms with Gasteiger partial charge >= 0.3 is 0 Å². The van der Waals surface area contributed by atoms with Crippen molar-refractivity contribution in [1.82, 2.24) is 9.97 Å². The average molecular weight is 323 g/mol. The maximum atomic E-state index is 13.1. The third-order valence-electron chi connectivity index (χ3n) is 3.02. The maximum Gasteiger partial charge on any atom is 0.159 e. The summed E-state index contributed by atoms with van der Waals surface area (Å²) >= 11 is 3.45. The molecule has 0 bridgehead atoms. The molecule has 0 amide bonds. The van der Waals surface area contributed by atoms with Crippen LogP contribution in [0.25, 0.3) is 11.4 Å². The first-order valence-electron chi connectivity index (χ1n) is 6.21. The summed E-state index contributed by atoms with van der Waals surface area (Å²) in [6.45, 7) is 6.08. The molecule has 19 heavy (non-hydrogen) atoms. The zero-order chi connectivity index (χ0) is 14.0. The summed E-state index contributed by atoms with van der Waals surface area (Å²) in [6.07, 6.45) is 1.84. The molecular weight excluding hydrogens is 307 g/mol. The minimum absolute atomic E-state index is 0.234. The van der Waals surface area contributed by atoms with E-state index in [-0.39, 0.29) is 5.82 Å². The molecule has 0 radical (unpaired) electrons. The van der Waals surface area contributed by atoms with Gasteiger partial charge in [-0.05, 0) is 36.6 Å². The van der Waals surface area contributed by atoms with E-state index in [0.29, 0.717) is 11.7 Å². The summed E-state index contributed by atoms with van der Waals surface area (Å²) in [5.74, 6) is 0.753. The monoisotopic (exact) mass is 322 g/mol. The topological polar surface area (TPSA) is 25.8 Å². The molecule has 2 nitrogen and oxygen atoms in total. The van der Waals surface area contributed by atoms with Crippen molar-refractivity contribution in [3.05, 3.63) is 47.0 Å².